The Hall–Kier alpha value is -1.61. The SMILES string of the molecule is C=C(C=NC(=C)c1ncccc1S(=O)(=O)CC)SC(F)(F)F. The molecule has 0 radical (unpaired) electrons. The van der Waals surface area contributed by atoms with Gasteiger partial charge in [-0.15, -0.1) is 0 Å². The molecule has 0 unspecified atom stereocenters. The molecule has 0 aliphatic carbocycles. The Labute approximate surface area is 130 Å². The molecule has 120 valence electrons. The minimum absolute atomic E-state index is 0.00501. The summed E-state index contributed by atoms with van der Waals surface area (Å²) in [5.41, 5.74) is -4.52. The van der Waals surface area contributed by atoms with Crippen molar-refractivity contribution >= 4 is 33.5 Å². The van der Waals surface area contributed by atoms with E-state index in [0.29, 0.717) is 0 Å². The van der Waals surface area contributed by atoms with Crippen LogP contribution in [0.2, 0.25) is 0 Å². The van der Waals surface area contributed by atoms with Crippen molar-refractivity contribution in [1.82, 2.24) is 4.98 Å². The first-order chi connectivity index (χ1) is 10.1. The number of rotatable bonds is 6. The van der Waals surface area contributed by atoms with Crippen LogP contribution >= 0.6 is 11.8 Å². The van der Waals surface area contributed by atoms with Crippen LogP contribution in [0.4, 0.5) is 13.2 Å². The van der Waals surface area contributed by atoms with E-state index in [1.807, 2.05) is 0 Å². The first-order valence-corrected chi connectivity index (χ1v) is 8.39. The van der Waals surface area contributed by atoms with E-state index in [-0.39, 0.29) is 26.9 Å². The van der Waals surface area contributed by atoms with Gasteiger partial charge < -0.3 is 0 Å². The molecule has 0 bridgehead atoms. The highest BCUT2D eigenvalue weighted by molar-refractivity contribution is 8.04. The van der Waals surface area contributed by atoms with Crippen molar-refractivity contribution in [2.24, 2.45) is 4.99 Å². The molecular formula is C13H13F3N2O2S2. The first kappa shape index (κ1) is 18.4. The Balaban J connectivity index is 3.04. The molecule has 9 heteroatoms. The maximum atomic E-state index is 12.1. The third kappa shape index (κ3) is 5.30. The molecule has 0 fully saturated rings. The Morgan fingerprint density at radius 3 is 2.64 bits per heavy atom. The van der Waals surface area contributed by atoms with Gasteiger partial charge in [-0.05, 0) is 23.9 Å². The van der Waals surface area contributed by atoms with E-state index in [4.69, 9.17) is 0 Å². The third-order valence-corrected chi connectivity index (χ3v) is 4.73. The van der Waals surface area contributed by atoms with Gasteiger partial charge >= 0.3 is 5.51 Å². The summed E-state index contributed by atoms with van der Waals surface area (Å²) in [5, 5.41) is 0. The molecule has 22 heavy (non-hydrogen) atoms. The second-order valence-corrected chi connectivity index (χ2v) is 7.41. The smallest absolute Gasteiger partial charge is 0.254 e. The zero-order valence-corrected chi connectivity index (χ0v) is 13.2. The van der Waals surface area contributed by atoms with E-state index in [9.17, 15) is 21.6 Å². The van der Waals surface area contributed by atoms with Gasteiger partial charge in [0, 0.05) is 17.3 Å². The number of sulfone groups is 1. The van der Waals surface area contributed by atoms with Crippen molar-refractivity contribution in [3.05, 3.63) is 42.1 Å². The molecule has 4 nitrogen and oxygen atoms in total. The van der Waals surface area contributed by atoms with Crippen LogP contribution in [0.3, 0.4) is 0 Å². The topological polar surface area (TPSA) is 59.4 Å². The number of thioether (sulfide) groups is 1. The van der Waals surface area contributed by atoms with E-state index in [1.165, 1.54) is 25.3 Å². The van der Waals surface area contributed by atoms with Gasteiger partial charge in [0.2, 0.25) is 0 Å². The number of aromatic nitrogens is 1. The van der Waals surface area contributed by atoms with Gasteiger partial charge in [-0.1, -0.05) is 20.1 Å². The highest BCUT2D eigenvalue weighted by Gasteiger charge is 2.29. The van der Waals surface area contributed by atoms with Gasteiger partial charge in [0.15, 0.2) is 9.84 Å². The minimum Gasteiger partial charge on any atom is -0.254 e. The van der Waals surface area contributed by atoms with Gasteiger partial charge in [-0.3, -0.25) is 9.98 Å². The number of hydrogen-bond donors (Lipinski definition) is 0. The molecule has 1 rings (SSSR count). The van der Waals surface area contributed by atoms with Gasteiger partial charge in [0.1, 0.15) is 5.69 Å². The van der Waals surface area contributed by atoms with E-state index in [0.717, 1.165) is 6.21 Å². The molecule has 1 aromatic rings. The lowest BCUT2D eigenvalue weighted by molar-refractivity contribution is -0.0320. The molecule has 0 spiro atoms. The molecule has 1 aromatic heterocycles. The summed E-state index contributed by atoms with van der Waals surface area (Å²) in [6, 6.07) is 2.79. The van der Waals surface area contributed by atoms with Crippen LogP contribution in [0.1, 0.15) is 12.6 Å². The molecule has 0 atom stereocenters. The van der Waals surface area contributed by atoms with Crippen molar-refractivity contribution in [3.63, 3.8) is 0 Å². The van der Waals surface area contributed by atoms with Crippen molar-refractivity contribution in [1.29, 1.82) is 0 Å². The second-order valence-electron chi connectivity index (χ2n) is 3.97. The number of halogens is 3. The molecule has 0 aliphatic heterocycles. The van der Waals surface area contributed by atoms with Gasteiger partial charge in [-0.2, -0.15) is 13.2 Å². The third-order valence-electron chi connectivity index (χ3n) is 2.37. The van der Waals surface area contributed by atoms with Crippen LogP contribution in [0.15, 0.2) is 46.3 Å². The summed E-state index contributed by atoms with van der Waals surface area (Å²) in [6.45, 7) is 8.22. The quantitative estimate of drug-likeness (QED) is 0.734. The lowest BCUT2D eigenvalue weighted by atomic mass is 10.3. The normalized spacial score (nSPS) is 12.5. The molecule has 0 aliphatic rings. The number of pyridine rings is 1. The van der Waals surface area contributed by atoms with Crippen LogP contribution in [-0.2, 0) is 9.84 Å². The van der Waals surface area contributed by atoms with E-state index in [1.54, 1.807) is 0 Å². The van der Waals surface area contributed by atoms with Crippen LogP contribution in [0, 0.1) is 0 Å². The standard InChI is InChI=1S/C13H13F3N2O2S2/c1-4-22(19,20)11-6-5-7-17-12(11)10(3)18-8-9(2)21-13(14,15)16/h5-8H,2-4H2,1H3. The van der Waals surface area contributed by atoms with Gasteiger partial charge in [0.05, 0.1) is 16.3 Å². The zero-order valence-electron chi connectivity index (χ0n) is 11.6. The number of alkyl halides is 3. The summed E-state index contributed by atoms with van der Waals surface area (Å²) in [7, 11) is -3.55. The van der Waals surface area contributed by atoms with Crippen LogP contribution < -0.4 is 0 Å². The summed E-state index contributed by atoms with van der Waals surface area (Å²) in [5.74, 6) is -0.140. The molecule has 0 saturated carbocycles. The average Bonchev–Trinajstić information content (AvgIpc) is 2.43. The highest BCUT2D eigenvalue weighted by Crippen LogP contribution is 2.34. The van der Waals surface area contributed by atoms with Crippen molar-refractivity contribution in [2.45, 2.75) is 17.3 Å². The van der Waals surface area contributed by atoms with E-state index < -0.39 is 27.1 Å². The summed E-state index contributed by atoms with van der Waals surface area (Å²) in [4.78, 5) is 7.21. The van der Waals surface area contributed by atoms with Crippen molar-refractivity contribution in [2.75, 3.05) is 5.75 Å². The van der Waals surface area contributed by atoms with Gasteiger partial charge in [-0.25, -0.2) is 8.42 Å². The van der Waals surface area contributed by atoms with Crippen molar-refractivity contribution in [3.8, 4) is 0 Å². The fraction of sp³-hybridized carbons (Fsp3) is 0.231. The molecular weight excluding hydrogens is 337 g/mol. The fourth-order valence-corrected chi connectivity index (χ4v) is 2.86. The Morgan fingerprint density at radius 2 is 2.09 bits per heavy atom. The van der Waals surface area contributed by atoms with Crippen molar-refractivity contribution < 1.29 is 21.6 Å². The fourth-order valence-electron chi connectivity index (χ4n) is 1.40. The second kappa shape index (κ2) is 7.10. The number of hydrogen-bond acceptors (Lipinski definition) is 5. The Bertz CT molecular complexity index is 710. The number of aliphatic imine (C=N–C) groups is 1. The predicted octanol–water partition coefficient (Wildman–Crippen LogP) is 3.68. The molecule has 0 saturated heterocycles. The van der Waals surface area contributed by atoms with Crippen LogP contribution in [0.25, 0.3) is 5.70 Å². The first-order valence-electron chi connectivity index (χ1n) is 5.92. The number of nitrogens with zero attached hydrogens (tertiary/aromatic N) is 2. The largest absolute Gasteiger partial charge is 0.446 e. The monoisotopic (exact) mass is 350 g/mol. The number of allylic oxidation sites excluding steroid dienone is 1. The van der Waals surface area contributed by atoms with E-state index >= 15 is 0 Å². The summed E-state index contributed by atoms with van der Waals surface area (Å²) in [6.07, 6.45) is 2.22. The van der Waals surface area contributed by atoms with Crippen LogP contribution in [-0.4, -0.2) is 30.9 Å². The average molecular weight is 350 g/mol. The molecule has 0 amide bonds. The Morgan fingerprint density at radius 1 is 1.45 bits per heavy atom. The lowest BCUT2D eigenvalue weighted by Crippen LogP contribution is -2.08. The molecule has 1 heterocycles. The van der Waals surface area contributed by atoms with Gasteiger partial charge in [0.25, 0.3) is 0 Å². The zero-order chi connectivity index (χ0) is 17.0. The maximum Gasteiger partial charge on any atom is 0.446 e. The predicted molar refractivity (Wildman–Crippen MR) is 82.3 cm³/mol. The molecule has 0 aromatic carbocycles. The molecule has 0 N–H and O–H groups in total. The van der Waals surface area contributed by atoms with Crippen LogP contribution in [0.5, 0.6) is 0 Å². The van der Waals surface area contributed by atoms with E-state index in [2.05, 4.69) is 23.1 Å². The summed E-state index contributed by atoms with van der Waals surface area (Å²) < 4.78 is 60.3. The Kier molecular flexibility index (Phi) is 5.95. The lowest BCUT2D eigenvalue weighted by Gasteiger charge is -2.08. The highest BCUT2D eigenvalue weighted by atomic mass is 32.2. The summed E-state index contributed by atoms with van der Waals surface area (Å²) >= 11 is -0.415. The maximum absolute atomic E-state index is 12.1. The minimum atomic E-state index is -4.47.